The van der Waals surface area contributed by atoms with Gasteiger partial charge in [0.1, 0.15) is 11.6 Å². The van der Waals surface area contributed by atoms with Crippen molar-refractivity contribution in [2.24, 2.45) is 12.8 Å². The number of benzene rings is 2. The summed E-state index contributed by atoms with van der Waals surface area (Å²) in [5, 5.41) is 7.56. The third-order valence-corrected chi connectivity index (χ3v) is 4.77. The van der Waals surface area contributed by atoms with Gasteiger partial charge < -0.3 is 16.0 Å². The van der Waals surface area contributed by atoms with Crippen molar-refractivity contribution in [2.45, 2.75) is 13.5 Å². The standard InChI is InChI=1S/C20H18FN5O2/c1-11-3-6-17-16(7-11)24-19-13(9-23-25(19)2)10-26(17)20(28)14-5-4-12(18(22)27)8-15(14)21/h3-9,24H,10H2,1-2H3,(H2,22,27). The molecular formula is C20H18FN5O2. The van der Waals surface area contributed by atoms with Crippen molar-refractivity contribution in [3.05, 3.63) is 70.7 Å². The number of anilines is 3. The number of halogens is 1. The van der Waals surface area contributed by atoms with E-state index in [1.54, 1.807) is 17.9 Å². The Bertz CT molecular complexity index is 1120. The Morgan fingerprint density at radius 1 is 1.21 bits per heavy atom. The minimum absolute atomic E-state index is 0.0113. The summed E-state index contributed by atoms with van der Waals surface area (Å²) in [4.78, 5) is 26.0. The Balaban J connectivity index is 1.82. The van der Waals surface area contributed by atoms with Gasteiger partial charge in [0.05, 0.1) is 29.7 Å². The molecule has 142 valence electrons. The highest BCUT2D eigenvalue weighted by Gasteiger charge is 2.28. The average molecular weight is 379 g/mol. The number of aromatic nitrogens is 2. The Morgan fingerprint density at radius 3 is 2.71 bits per heavy atom. The Hall–Kier alpha value is -3.68. The van der Waals surface area contributed by atoms with Crippen LogP contribution in [0, 0.1) is 12.7 Å². The lowest BCUT2D eigenvalue weighted by Gasteiger charge is -2.23. The highest BCUT2D eigenvalue weighted by Crippen LogP contribution is 2.37. The summed E-state index contributed by atoms with van der Waals surface area (Å²) in [6.45, 7) is 2.17. The summed E-state index contributed by atoms with van der Waals surface area (Å²) >= 11 is 0. The average Bonchev–Trinajstić information content (AvgIpc) is 2.90. The minimum atomic E-state index is -0.793. The van der Waals surface area contributed by atoms with Gasteiger partial charge in [-0.2, -0.15) is 5.10 Å². The maximum atomic E-state index is 14.6. The first-order valence-corrected chi connectivity index (χ1v) is 8.65. The minimum Gasteiger partial charge on any atom is -0.366 e. The number of carbonyl (C=O) groups excluding carboxylic acids is 2. The normalized spacial score (nSPS) is 12.6. The maximum absolute atomic E-state index is 14.6. The fraction of sp³-hybridized carbons (Fsp3) is 0.150. The molecule has 2 amide bonds. The lowest BCUT2D eigenvalue weighted by Crippen LogP contribution is -2.31. The summed E-state index contributed by atoms with van der Waals surface area (Å²) in [5.41, 5.74) is 8.24. The summed E-state index contributed by atoms with van der Waals surface area (Å²) < 4.78 is 16.3. The molecule has 3 aromatic rings. The van der Waals surface area contributed by atoms with Crippen LogP contribution in [0.4, 0.5) is 21.6 Å². The lowest BCUT2D eigenvalue weighted by atomic mass is 10.1. The first-order valence-electron chi connectivity index (χ1n) is 8.65. The number of aryl methyl sites for hydroxylation is 2. The maximum Gasteiger partial charge on any atom is 0.261 e. The van der Waals surface area contributed by atoms with Gasteiger partial charge in [-0.15, -0.1) is 0 Å². The largest absolute Gasteiger partial charge is 0.366 e. The van der Waals surface area contributed by atoms with E-state index in [0.29, 0.717) is 5.69 Å². The van der Waals surface area contributed by atoms with Gasteiger partial charge >= 0.3 is 0 Å². The number of rotatable bonds is 2. The van der Waals surface area contributed by atoms with Crippen molar-refractivity contribution >= 4 is 29.0 Å². The van der Waals surface area contributed by atoms with E-state index in [0.717, 1.165) is 28.7 Å². The number of nitrogens with one attached hydrogen (secondary N) is 1. The number of nitrogens with two attached hydrogens (primary N) is 1. The fourth-order valence-electron chi connectivity index (χ4n) is 3.30. The van der Waals surface area contributed by atoms with E-state index in [9.17, 15) is 14.0 Å². The number of hydrogen-bond donors (Lipinski definition) is 2. The molecule has 0 aliphatic carbocycles. The Labute approximate surface area is 160 Å². The van der Waals surface area contributed by atoms with Gasteiger partial charge in [0.15, 0.2) is 0 Å². The Morgan fingerprint density at radius 2 is 2.00 bits per heavy atom. The van der Waals surface area contributed by atoms with Crippen LogP contribution in [0.3, 0.4) is 0 Å². The number of fused-ring (bicyclic) bond motifs is 2. The smallest absolute Gasteiger partial charge is 0.261 e. The van der Waals surface area contributed by atoms with Crippen LogP contribution in [0.15, 0.2) is 42.6 Å². The molecule has 0 unspecified atom stereocenters. The molecule has 1 aliphatic heterocycles. The van der Waals surface area contributed by atoms with Gasteiger partial charge in [-0.05, 0) is 42.8 Å². The monoisotopic (exact) mass is 379 g/mol. The van der Waals surface area contributed by atoms with Crippen LogP contribution in [0.1, 0.15) is 31.8 Å². The molecule has 2 heterocycles. The molecule has 0 bridgehead atoms. The van der Waals surface area contributed by atoms with Crippen molar-refractivity contribution in [3.63, 3.8) is 0 Å². The molecule has 0 saturated carbocycles. The van der Waals surface area contributed by atoms with E-state index in [4.69, 9.17) is 5.73 Å². The van der Waals surface area contributed by atoms with E-state index >= 15 is 0 Å². The summed E-state index contributed by atoms with van der Waals surface area (Å²) in [6.07, 6.45) is 1.67. The molecule has 2 aromatic carbocycles. The molecule has 0 saturated heterocycles. The van der Waals surface area contributed by atoms with E-state index < -0.39 is 17.6 Å². The van der Waals surface area contributed by atoms with Crippen molar-refractivity contribution in [3.8, 4) is 0 Å². The van der Waals surface area contributed by atoms with Crippen molar-refractivity contribution in [2.75, 3.05) is 10.2 Å². The van der Waals surface area contributed by atoms with E-state index in [1.165, 1.54) is 17.0 Å². The topological polar surface area (TPSA) is 93.2 Å². The number of amides is 2. The zero-order valence-electron chi connectivity index (χ0n) is 15.4. The third-order valence-electron chi connectivity index (χ3n) is 4.77. The van der Waals surface area contributed by atoms with Crippen molar-refractivity contribution < 1.29 is 14.0 Å². The molecule has 0 atom stereocenters. The molecule has 28 heavy (non-hydrogen) atoms. The zero-order valence-corrected chi connectivity index (χ0v) is 15.4. The molecule has 8 heteroatoms. The van der Waals surface area contributed by atoms with Gasteiger partial charge in [0.2, 0.25) is 5.91 Å². The van der Waals surface area contributed by atoms with Crippen LogP contribution in [0.5, 0.6) is 0 Å². The first-order chi connectivity index (χ1) is 13.3. The van der Waals surface area contributed by atoms with Crippen LogP contribution in [-0.2, 0) is 13.6 Å². The molecule has 0 radical (unpaired) electrons. The molecule has 0 fully saturated rings. The SMILES string of the molecule is Cc1ccc2c(c1)Nc1c(cnn1C)CN2C(=O)c1ccc(C(N)=O)cc1F. The van der Waals surface area contributed by atoms with Gasteiger partial charge in [-0.1, -0.05) is 6.07 Å². The van der Waals surface area contributed by atoms with E-state index in [2.05, 4.69) is 10.4 Å². The van der Waals surface area contributed by atoms with Crippen LogP contribution in [-0.4, -0.2) is 21.6 Å². The molecule has 7 nitrogen and oxygen atoms in total. The first kappa shape index (κ1) is 17.7. The number of hydrogen-bond acceptors (Lipinski definition) is 4. The molecular weight excluding hydrogens is 361 g/mol. The van der Waals surface area contributed by atoms with Crippen LogP contribution < -0.4 is 16.0 Å². The van der Waals surface area contributed by atoms with Gasteiger partial charge in [0.25, 0.3) is 5.91 Å². The molecule has 1 aromatic heterocycles. The van der Waals surface area contributed by atoms with E-state index in [1.807, 2.05) is 25.1 Å². The second kappa shape index (κ2) is 6.49. The number of nitrogens with zero attached hydrogens (tertiary/aromatic N) is 3. The second-order valence-corrected chi connectivity index (χ2v) is 6.74. The zero-order chi connectivity index (χ0) is 20.0. The summed E-state index contributed by atoms with van der Waals surface area (Å²) in [5.74, 6) is -1.29. The van der Waals surface area contributed by atoms with Crippen LogP contribution in [0.25, 0.3) is 0 Å². The van der Waals surface area contributed by atoms with Crippen molar-refractivity contribution in [1.29, 1.82) is 0 Å². The number of carbonyl (C=O) groups is 2. The van der Waals surface area contributed by atoms with Crippen LogP contribution >= 0.6 is 0 Å². The highest BCUT2D eigenvalue weighted by molar-refractivity contribution is 6.09. The lowest BCUT2D eigenvalue weighted by molar-refractivity contribution is 0.0975. The molecule has 0 spiro atoms. The highest BCUT2D eigenvalue weighted by atomic mass is 19.1. The molecule has 1 aliphatic rings. The fourth-order valence-corrected chi connectivity index (χ4v) is 3.30. The van der Waals surface area contributed by atoms with Crippen LogP contribution in [0.2, 0.25) is 0 Å². The van der Waals surface area contributed by atoms with Gasteiger partial charge in [-0.3, -0.25) is 14.3 Å². The molecule has 3 N–H and O–H groups in total. The second-order valence-electron chi connectivity index (χ2n) is 6.74. The Kier molecular flexibility index (Phi) is 4.11. The quantitative estimate of drug-likeness (QED) is 0.716. The molecule has 4 rings (SSSR count). The third kappa shape index (κ3) is 2.88. The predicted octanol–water partition coefficient (Wildman–Crippen LogP) is 2.87. The van der Waals surface area contributed by atoms with Gasteiger partial charge in [0, 0.05) is 18.2 Å². The van der Waals surface area contributed by atoms with Crippen molar-refractivity contribution in [1.82, 2.24) is 9.78 Å². The summed E-state index contributed by atoms with van der Waals surface area (Å²) in [7, 11) is 1.81. The number of primary amides is 1. The summed E-state index contributed by atoms with van der Waals surface area (Å²) in [6, 6.07) is 9.25. The predicted molar refractivity (Wildman–Crippen MR) is 103 cm³/mol. The van der Waals surface area contributed by atoms with E-state index in [-0.39, 0.29) is 17.7 Å². The van der Waals surface area contributed by atoms with Gasteiger partial charge in [-0.25, -0.2) is 4.39 Å².